The molecule has 0 bridgehead atoms. The topological polar surface area (TPSA) is 78.9 Å². The van der Waals surface area contributed by atoms with Gasteiger partial charge in [-0.05, 0) is 116 Å². The van der Waals surface area contributed by atoms with E-state index in [-0.39, 0.29) is 31.1 Å². The van der Waals surface area contributed by atoms with Gasteiger partial charge in [0.15, 0.2) is 6.10 Å². The highest BCUT2D eigenvalue weighted by Crippen LogP contribution is 2.16. The molecule has 0 aromatic rings. The summed E-state index contributed by atoms with van der Waals surface area (Å²) in [6.45, 7) is 6.50. The summed E-state index contributed by atoms with van der Waals surface area (Å²) in [4.78, 5) is 38.3. The monoisotopic (exact) mass is 1070 g/mol. The van der Waals surface area contributed by atoms with E-state index in [9.17, 15) is 14.4 Å². The number of unbranched alkanes of at least 4 members (excludes halogenated alkanes) is 32. The van der Waals surface area contributed by atoms with E-state index in [1.54, 1.807) is 0 Å². The lowest BCUT2D eigenvalue weighted by Gasteiger charge is -2.18. The van der Waals surface area contributed by atoms with E-state index in [4.69, 9.17) is 14.2 Å². The molecule has 0 spiro atoms. The number of carbonyl (C=O) groups excluding carboxylic acids is 3. The second-order valence-electron chi connectivity index (χ2n) is 21.6. The molecule has 1 atom stereocenters. The van der Waals surface area contributed by atoms with Crippen LogP contribution in [0.5, 0.6) is 0 Å². The fourth-order valence-electron chi connectivity index (χ4n) is 9.13. The van der Waals surface area contributed by atoms with Gasteiger partial charge < -0.3 is 14.2 Å². The first-order valence-electron chi connectivity index (χ1n) is 32.7. The van der Waals surface area contributed by atoms with Gasteiger partial charge in [-0.3, -0.25) is 14.4 Å². The van der Waals surface area contributed by atoms with Crippen molar-refractivity contribution >= 4 is 17.9 Å². The fraction of sp³-hybridized carbons (Fsp3) is 0.732. The van der Waals surface area contributed by atoms with Crippen molar-refractivity contribution in [3.05, 3.63) is 97.2 Å². The zero-order valence-electron chi connectivity index (χ0n) is 50.7. The third-order valence-electron chi connectivity index (χ3n) is 14.0. The summed E-state index contributed by atoms with van der Waals surface area (Å²) >= 11 is 0. The van der Waals surface area contributed by atoms with E-state index < -0.39 is 6.10 Å². The number of rotatable bonds is 59. The van der Waals surface area contributed by atoms with Crippen molar-refractivity contribution in [2.75, 3.05) is 13.2 Å². The summed E-state index contributed by atoms with van der Waals surface area (Å²) in [5.74, 6) is -0.888. The molecule has 0 heterocycles. The van der Waals surface area contributed by atoms with E-state index in [0.717, 1.165) is 103 Å². The molecule has 0 radical (unpaired) electrons. The molecule has 0 aliphatic rings. The molecule has 6 heteroatoms. The second-order valence-corrected chi connectivity index (χ2v) is 21.6. The van der Waals surface area contributed by atoms with Gasteiger partial charge in [-0.1, -0.05) is 279 Å². The molecule has 0 saturated heterocycles. The fourth-order valence-corrected chi connectivity index (χ4v) is 9.13. The molecule has 0 aliphatic carbocycles. The summed E-state index contributed by atoms with van der Waals surface area (Å²) in [5.41, 5.74) is 0. The summed E-state index contributed by atoms with van der Waals surface area (Å²) in [5, 5.41) is 0. The highest BCUT2D eigenvalue weighted by Gasteiger charge is 2.19. The maximum absolute atomic E-state index is 12.9. The Hall–Kier alpha value is -3.67. The third-order valence-corrected chi connectivity index (χ3v) is 14.0. The van der Waals surface area contributed by atoms with Gasteiger partial charge in [0.1, 0.15) is 13.2 Å². The minimum absolute atomic E-state index is 0.0817. The van der Waals surface area contributed by atoms with Crippen LogP contribution in [0.4, 0.5) is 0 Å². The minimum Gasteiger partial charge on any atom is -0.462 e. The standard InChI is InChI=1S/C71H122O6/c1-4-7-10-13-16-19-22-24-26-28-30-31-32-33-34-35-36-37-38-39-41-42-44-46-49-52-55-58-61-64-70(73)76-67-68(66-75-69(72)63-60-57-54-51-48-21-18-15-12-9-6-3)77-71(74)65-62-59-56-53-50-47-45-43-40-29-27-25-23-20-17-14-11-8-5-2/h7,10,15-16,18-19,24-27,30-31,33-34,36-37,68H,4-6,8-9,11-14,17,20-23,28-29,32,35,38-67H2,1-3H3/b10-7-,18-15-,19-16-,26-24-,27-25-,31-30-,34-33-,37-36-. The first kappa shape index (κ1) is 73.3. The van der Waals surface area contributed by atoms with Crippen LogP contribution in [0.1, 0.15) is 316 Å². The van der Waals surface area contributed by atoms with Gasteiger partial charge >= 0.3 is 17.9 Å². The maximum Gasteiger partial charge on any atom is 0.306 e. The molecular formula is C71H122O6. The lowest BCUT2D eigenvalue weighted by molar-refractivity contribution is -0.167. The molecule has 0 aromatic carbocycles. The highest BCUT2D eigenvalue weighted by atomic mass is 16.6. The van der Waals surface area contributed by atoms with Gasteiger partial charge in [0, 0.05) is 19.3 Å². The lowest BCUT2D eigenvalue weighted by Crippen LogP contribution is -2.30. The number of allylic oxidation sites excluding steroid dienone is 16. The summed E-state index contributed by atoms with van der Waals surface area (Å²) in [7, 11) is 0. The normalized spacial score (nSPS) is 12.7. The molecule has 0 aliphatic heterocycles. The van der Waals surface area contributed by atoms with Crippen LogP contribution in [0, 0.1) is 0 Å². The van der Waals surface area contributed by atoms with Crippen LogP contribution in [0.15, 0.2) is 97.2 Å². The number of hydrogen-bond acceptors (Lipinski definition) is 6. The number of carbonyl (C=O) groups is 3. The second kappa shape index (κ2) is 64.9. The van der Waals surface area contributed by atoms with Crippen molar-refractivity contribution in [1.82, 2.24) is 0 Å². The quantitative estimate of drug-likeness (QED) is 0.0261. The van der Waals surface area contributed by atoms with Gasteiger partial charge in [0.05, 0.1) is 0 Å². The predicted octanol–water partition coefficient (Wildman–Crippen LogP) is 22.4. The van der Waals surface area contributed by atoms with E-state index in [2.05, 4.69) is 118 Å². The molecular weight excluding hydrogens is 949 g/mol. The molecule has 0 N–H and O–H groups in total. The Morgan fingerprint density at radius 3 is 0.844 bits per heavy atom. The number of ether oxygens (including phenoxy) is 3. The lowest BCUT2D eigenvalue weighted by atomic mass is 10.0. The zero-order chi connectivity index (χ0) is 55.7. The highest BCUT2D eigenvalue weighted by molar-refractivity contribution is 5.71. The van der Waals surface area contributed by atoms with E-state index in [1.165, 1.54) is 173 Å². The smallest absolute Gasteiger partial charge is 0.306 e. The number of esters is 3. The Kier molecular flexibility index (Phi) is 61.8. The molecule has 442 valence electrons. The third kappa shape index (κ3) is 63.0. The summed E-state index contributed by atoms with van der Waals surface area (Å²) in [6.07, 6.45) is 87.0. The summed E-state index contributed by atoms with van der Waals surface area (Å²) in [6, 6.07) is 0. The van der Waals surface area contributed by atoms with Crippen molar-refractivity contribution in [3.63, 3.8) is 0 Å². The molecule has 0 amide bonds. The molecule has 0 fully saturated rings. The van der Waals surface area contributed by atoms with E-state index >= 15 is 0 Å². The van der Waals surface area contributed by atoms with Crippen LogP contribution >= 0.6 is 0 Å². The Morgan fingerprint density at radius 2 is 0.519 bits per heavy atom. The Morgan fingerprint density at radius 1 is 0.273 bits per heavy atom. The molecule has 1 unspecified atom stereocenters. The molecule has 0 saturated carbocycles. The van der Waals surface area contributed by atoms with Gasteiger partial charge in [-0.25, -0.2) is 0 Å². The average Bonchev–Trinajstić information content (AvgIpc) is 3.43. The van der Waals surface area contributed by atoms with Crippen molar-refractivity contribution < 1.29 is 28.6 Å². The van der Waals surface area contributed by atoms with Crippen molar-refractivity contribution in [2.45, 2.75) is 322 Å². The minimum atomic E-state index is -0.784. The Balaban J connectivity index is 4.25. The van der Waals surface area contributed by atoms with Gasteiger partial charge in [-0.15, -0.1) is 0 Å². The maximum atomic E-state index is 12.9. The van der Waals surface area contributed by atoms with Crippen molar-refractivity contribution in [1.29, 1.82) is 0 Å². The number of hydrogen-bond donors (Lipinski definition) is 0. The van der Waals surface area contributed by atoms with Crippen LogP contribution in [-0.2, 0) is 28.6 Å². The van der Waals surface area contributed by atoms with Crippen LogP contribution in [0.25, 0.3) is 0 Å². The molecule has 0 aromatic heterocycles. The van der Waals surface area contributed by atoms with Gasteiger partial charge in [-0.2, -0.15) is 0 Å². The van der Waals surface area contributed by atoms with E-state index in [0.29, 0.717) is 19.3 Å². The van der Waals surface area contributed by atoms with Gasteiger partial charge in [0.2, 0.25) is 0 Å². The largest absolute Gasteiger partial charge is 0.462 e. The predicted molar refractivity (Wildman–Crippen MR) is 334 cm³/mol. The molecule has 77 heavy (non-hydrogen) atoms. The molecule has 0 rings (SSSR count). The first-order valence-corrected chi connectivity index (χ1v) is 32.7. The van der Waals surface area contributed by atoms with Crippen LogP contribution in [0.2, 0.25) is 0 Å². The van der Waals surface area contributed by atoms with Crippen molar-refractivity contribution in [3.8, 4) is 0 Å². The zero-order valence-corrected chi connectivity index (χ0v) is 50.7. The van der Waals surface area contributed by atoms with Crippen LogP contribution in [-0.4, -0.2) is 37.2 Å². The Bertz CT molecular complexity index is 1510. The molecule has 6 nitrogen and oxygen atoms in total. The van der Waals surface area contributed by atoms with Crippen LogP contribution in [0.3, 0.4) is 0 Å². The SMILES string of the molecule is CC/C=C\C/C=C\C/C=C\C/C=C\C/C=C\C/C=C\CCCCCCCCCCCCC(=O)OCC(COC(=O)CCCCCCC/C=C\CCCC)OC(=O)CCCCCCCCCCC/C=C\CCCCCCCC. The van der Waals surface area contributed by atoms with Crippen molar-refractivity contribution in [2.24, 2.45) is 0 Å². The summed E-state index contributed by atoms with van der Waals surface area (Å²) < 4.78 is 16.9. The average molecular weight is 1070 g/mol. The Labute approximate surface area is 477 Å². The first-order chi connectivity index (χ1) is 38.0. The van der Waals surface area contributed by atoms with E-state index in [1.807, 2.05) is 0 Å². The van der Waals surface area contributed by atoms with Gasteiger partial charge in [0.25, 0.3) is 0 Å². The van der Waals surface area contributed by atoms with Crippen LogP contribution < -0.4 is 0 Å².